The lowest BCUT2D eigenvalue weighted by Gasteiger charge is -2.37. The fraction of sp³-hybridized carbons (Fsp3) is 0.273. The van der Waals surface area contributed by atoms with Gasteiger partial charge >= 0.3 is 7.48 Å². The maximum Gasteiger partial charge on any atom is 0.311 e. The van der Waals surface area contributed by atoms with Crippen LogP contribution in [0.2, 0.25) is 5.02 Å². The highest BCUT2D eigenvalue weighted by molar-refractivity contribution is 7.27. The van der Waals surface area contributed by atoms with Gasteiger partial charge in [-0.25, -0.2) is 0 Å². The van der Waals surface area contributed by atoms with Crippen LogP contribution >= 0.6 is 22.9 Å². The summed E-state index contributed by atoms with van der Waals surface area (Å²) in [6, 6.07) is 16.8. The third-order valence-corrected chi connectivity index (χ3v) is 7.19. The predicted octanol–water partition coefficient (Wildman–Crippen LogP) is 5.40. The third-order valence-electron chi connectivity index (χ3n) is 5.63. The molecular weight excluding hydrogens is 375 g/mol. The summed E-state index contributed by atoms with van der Waals surface area (Å²) in [7, 11) is 0.353. The van der Waals surface area contributed by atoms with E-state index in [2.05, 4.69) is 42.5 Å². The molecule has 5 heteroatoms. The van der Waals surface area contributed by atoms with E-state index >= 15 is 0 Å². The first-order valence-electron chi connectivity index (χ1n) is 9.07. The van der Waals surface area contributed by atoms with Crippen molar-refractivity contribution in [3.63, 3.8) is 0 Å². The van der Waals surface area contributed by atoms with Gasteiger partial charge in [-0.2, -0.15) is 0 Å². The molecule has 4 aromatic rings. The van der Waals surface area contributed by atoms with E-state index in [-0.39, 0.29) is 0 Å². The van der Waals surface area contributed by atoms with Crippen molar-refractivity contribution in [1.29, 1.82) is 0 Å². The summed E-state index contributed by atoms with van der Waals surface area (Å²) in [5, 5.41) is 16.0. The Bertz CT molecular complexity index is 1160. The molecule has 1 N–H and O–H groups in total. The van der Waals surface area contributed by atoms with Crippen molar-refractivity contribution < 1.29 is 9.76 Å². The van der Waals surface area contributed by atoms with Gasteiger partial charge in [0, 0.05) is 19.8 Å². The molecule has 0 saturated heterocycles. The molecule has 0 bridgehead atoms. The highest BCUT2D eigenvalue weighted by Crippen LogP contribution is 2.38. The smallest absolute Gasteiger partial charge is 0.311 e. The fourth-order valence-electron chi connectivity index (χ4n) is 3.21. The van der Waals surface area contributed by atoms with E-state index in [0.29, 0.717) is 12.5 Å². The van der Waals surface area contributed by atoms with E-state index < -0.39 is 11.2 Å². The molecular formula is C22H22BClO2S. The summed E-state index contributed by atoms with van der Waals surface area (Å²) in [5.74, 6) is 0. The Hall–Kier alpha value is -1.59. The number of thiophene rings is 1. The molecule has 0 unspecified atom stereocenters. The van der Waals surface area contributed by atoms with Gasteiger partial charge in [-0.05, 0) is 61.4 Å². The first kappa shape index (κ1) is 18.8. The number of fused-ring (bicyclic) bond motifs is 5. The SMILES string of the molecule is CC(C)(O)C(C)(C)OBc1c(Cl)ccc2sc3c4ccccc4ccc3c12. The van der Waals surface area contributed by atoms with Crippen molar-refractivity contribution in [1.82, 2.24) is 0 Å². The van der Waals surface area contributed by atoms with Crippen LogP contribution < -0.4 is 5.46 Å². The summed E-state index contributed by atoms with van der Waals surface area (Å²) >= 11 is 8.37. The number of rotatable bonds is 4. The molecule has 0 aliphatic carbocycles. The van der Waals surface area contributed by atoms with E-state index in [4.69, 9.17) is 16.3 Å². The highest BCUT2D eigenvalue weighted by Gasteiger charge is 2.36. The zero-order valence-corrected chi connectivity index (χ0v) is 17.5. The second-order valence-corrected chi connectivity index (χ2v) is 9.48. The van der Waals surface area contributed by atoms with Gasteiger partial charge in [0.25, 0.3) is 0 Å². The van der Waals surface area contributed by atoms with Crippen LogP contribution in [-0.4, -0.2) is 23.8 Å². The van der Waals surface area contributed by atoms with Crippen molar-refractivity contribution in [2.45, 2.75) is 38.9 Å². The van der Waals surface area contributed by atoms with Crippen LogP contribution in [0.3, 0.4) is 0 Å². The third kappa shape index (κ3) is 3.15. The van der Waals surface area contributed by atoms with Crippen LogP contribution in [0.25, 0.3) is 30.9 Å². The minimum absolute atomic E-state index is 0.353. The topological polar surface area (TPSA) is 29.5 Å². The molecule has 2 nitrogen and oxygen atoms in total. The van der Waals surface area contributed by atoms with E-state index in [1.165, 1.54) is 25.6 Å². The van der Waals surface area contributed by atoms with Gasteiger partial charge in [0.05, 0.1) is 11.2 Å². The Labute approximate surface area is 169 Å². The molecule has 4 rings (SSSR count). The maximum absolute atomic E-state index is 10.4. The zero-order valence-electron chi connectivity index (χ0n) is 16.0. The van der Waals surface area contributed by atoms with Crippen LogP contribution in [0.5, 0.6) is 0 Å². The standard InChI is InChI=1S/C22H22BClO2S/c1-21(2,25)22(3,4)26-23-19-16(24)11-12-17-18(19)15-10-9-13-7-5-6-8-14(13)20(15)27-17/h5-12,23,25H,1-4H3. The summed E-state index contributed by atoms with van der Waals surface area (Å²) in [6.45, 7) is 7.34. The Morgan fingerprint density at radius 1 is 0.963 bits per heavy atom. The Balaban J connectivity index is 1.90. The van der Waals surface area contributed by atoms with E-state index in [1.54, 1.807) is 25.2 Å². The lowest BCUT2D eigenvalue weighted by molar-refractivity contribution is -0.0893. The van der Waals surface area contributed by atoms with Crippen LogP contribution in [0.15, 0.2) is 48.5 Å². The average molecular weight is 397 g/mol. The molecule has 0 amide bonds. The Morgan fingerprint density at radius 3 is 2.44 bits per heavy atom. The van der Waals surface area contributed by atoms with Crippen molar-refractivity contribution in [2.24, 2.45) is 0 Å². The molecule has 1 heterocycles. The quantitative estimate of drug-likeness (QED) is 0.468. The minimum atomic E-state index is -0.958. The van der Waals surface area contributed by atoms with Crippen molar-refractivity contribution in [3.05, 3.63) is 53.6 Å². The molecule has 138 valence electrons. The minimum Gasteiger partial charge on any atom is -0.427 e. The van der Waals surface area contributed by atoms with Crippen LogP contribution in [0.4, 0.5) is 0 Å². The summed E-state index contributed by atoms with van der Waals surface area (Å²) in [5.41, 5.74) is -0.676. The molecule has 0 spiro atoms. The first-order chi connectivity index (χ1) is 12.7. The van der Waals surface area contributed by atoms with Gasteiger partial charge < -0.3 is 9.76 Å². The van der Waals surface area contributed by atoms with Gasteiger partial charge in [0.1, 0.15) is 0 Å². The fourth-order valence-corrected chi connectivity index (χ4v) is 4.69. The Kier molecular flexibility index (Phi) is 4.51. The van der Waals surface area contributed by atoms with Crippen molar-refractivity contribution in [2.75, 3.05) is 0 Å². The summed E-state index contributed by atoms with van der Waals surface area (Å²) in [4.78, 5) is 0. The largest absolute Gasteiger partial charge is 0.427 e. The molecule has 0 aliphatic rings. The first-order valence-corrected chi connectivity index (χ1v) is 10.3. The molecule has 0 saturated carbocycles. The van der Waals surface area contributed by atoms with Gasteiger partial charge in [0.15, 0.2) is 0 Å². The monoisotopic (exact) mass is 396 g/mol. The zero-order chi connectivity index (χ0) is 19.4. The van der Waals surface area contributed by atoms with Crippen LogP contribution in [-0.2, 0) is 4.65 Å². The van der Waals surface area contributed by atoms with Gasteiger partial charge in [-0.15, -0.1) is 11.3 Å². The number of halogens is 1. The van der Waals surface area contributed by atoms with Crippen molar-refractivity contribution >= 4 is 66.8 Å². The molecule has 1 aromatic heterocycles. The van der Waals surface area contributed by atoms with Gasteiger partial charge in [-0.3, -0.25) is 0 Å². The number of hydrogen-bond donors (Lipinski definition) is 1. The van der Waals surface area contributed by atoms with Gasteiger partial charge in [-0.1, -0.05) is 48.0 Å². The number of aliphatic hydroxyl groups is 1. The normalized spacial score (nSPS) is 13.0. The Morgan fingerprint density at radius 2 is 1.70 bits per heavy atom. The molecule has 27 heavy (non-hydrogen) atoms. The summed E-state index contributed by atoms with van der Waals surface area (Å²) in [6.07, 6.45) is 0. The lowest BCUT2D eigenvalue weighted by Crippen LogP contribution is -2.49. The summed E-state index contributed by atoms with van der Waals surface area (Å²) < 4.78 is 8.62. The molecule has 0 radical (unpaired) electrons. The second-order valence-electron chi connectivity index (χ2n) is 8.02. The van der Waals surface area contributed by atoms with E-state index in [1.807, 2.05) is 19.9 Å². The molecule has 0 atom stereocenters. The van der Waals surface area contributed by atoms with E-state index in [9.17, 15) is 5.11 Å². The van der Waals surface area contributed by atoms with Crippen LogP contribution in [0.1, 0.15) is 27.7 Å². The molecule has 3 aromatic carbocycles. The molecule has 0 fully saturated rings. The lowest BCUT2D eigenvalue weighted by atomic mass is 9.80. The molecule has 0 aliphatic heterocycles. The number of hydrogen-bond acceptors (Lipinski definition) is 3. The second kappa shape index (κ2) is 6.49. The van der Waals surface area contributed by atoms with Gasteiger partial charge in [0.2, 0.25) is 0 Å². The van der Waals surface area contributed by atoms with Crippen molar-refractivity contribution in [3.8, 4) is 0 Å². The highest BCUT2D eigenvalue weighted by atomic mass is 35.5. The van der Waals surface area contributed by atoms with Crippen LogP contribution in [0, 0.1) is 0 Å². The van der Waals surface area contributed by atoms with E-state index in [0.717, 1.165) is 10.8 Å². The number of benzene rings is 3. The average Bonchev–Trinajstić information content (AvgIpc) is 2.99. The maximum atomic E-state index is 10.4. The predicted molar refractivity (Wildman–Crippen MR) is 120 cm³/mol.